The molecule has 1 saturated heterocycles. The Hall–Kier alpha value is -2.16. The summed E-state index contributed by atoms with van der Waals surface area (Å²) in [6, 6.07) is 5.58. The van der Waals surface area contributed by atoms with Gasteiger partial charge in [0.05, 0.1) is 30.4 Å². The Balaban J connectivity index is 1.70. The predicted octanol–water partition coefficient (Wildman–Crippen LogP) is 0.837. The number of piperidine rings is 1. The molecule has 0 spiro atoms. The molecule has 2 heterocycles. The van der Waals surface area contributed by atoms with Crippen LogP contribution in [0, 0.1) is 5.92 Å². The molecule has 148 valence electrons. The molecule has 27 heavy (non-hydrogen) atoms. The molecule has 1 atom stereocenters. The number of nitrogens with zero attached hydrogens (tertiary/aromatic N) is 3. The van der Waals surface area contributed by atoms with Crippen LogP contribution < -0.4 is 5.32 Å². The monoisotopic (exact) mass is 376 g/mol. The number of carbonyl (C=O) groups is 1. The number of likely N-dealkylation sites (tertiary alicyclic amines) is 1. The normalized spacial score (nSPS) is 16.7. The fourth-order valence-corrected chi connectivity index (χ4v) is 3.57. The van der Waals surface area contributed by atoms with Gasteiger partial charge in [-0.25, -0.2) is 4.98 Å². The summed E-state index contributed by atoms with van der Waals surface area (Å²) in [5, 5.41) is 22.1. The van der Waals surface area contributed by atoms with E-state index in [1.807, 2.05) is 34.7 Å². The molecule has 0 saturated carbocycles. The van der Waals surface area contributed by atoms with Crippen LogP contribution in [0.3, 0.4) is 0 Å². The number of ether oxygens (including phenoxy) is 1. The molecule has 0 bridgehead atoms. The topological polar surface area (TPSA) is 99.8 Å². The van der Waals surface area contributed by atoms with Crippen molar-refractivity contribution < 1.29 is 19.7 Å². The van der Waals surface area contributed by atoms with Gasteiger partial charge in [0, 0.05) is 39.4 Å². The molecule has 1 aromatic heterocycles. The van der Waals surface area contributed by atoms with E-state index in [1.54, 1.807) is 7.11 Å². The van der Waals surface area contributed by atoms with Crippen LogP contribution in [0.15, 0.2) is 18.2 Å². The molecule has 3 rings (SSSR count). The van der Waals surface area contributed by atoms with Gasteiger partial charge in [0.25, 0.3) is 5.91 Å². The number of aliphatic hydroxyl groups excluding tert-OH is 2. The molecule has 1 amide bonds. The van der Waals surface area contributed by atoms with Gasteiger partial charge >= 0.3 is 0 Å². The smallest absolute Gasteiger partial charge is 0.253 e. The highest BCUT2D eigenvalue weighted by molar-refractivity contribution is 5.97. The summed E-state index contributed by atoms with van der Waals surface area (Å²) in [6.45, 7) is 2.20. The van der Waals surface area contributed by atoms with Crippen LogP contribution in [0.1, 0.15) is 23.2 Å². The van der Waals surface area contributed by atoms with Gasteiger partial charge in [-0.2, -0.15) is 0 Å². The number of aromatic nitrogens is 2. The Morgan fingerprint density at radius 1 is 1.41 bits per heavy atom. The van der Waals surface area contributed by atoms with Gasteiger partial charge in [0.1, 0.15) is 0 Å². The van der Waals surface area contributed by atoms with Crippen LogP contribution in [0.25, 0.3) is 11.0 Å². The first kappa shape index (κ1) is 19.6. The number of methoxy groups -OCH3 is 1. The number of benzene rings is 1. The number of nitrogens with one attached hydrogen (secondary N) is 1. The van der Waals surface area contributed by atoms with Crippen molar-refractivity contribution in [2.45, 2.75) is 18.9 Å². The lowest BCUT2D eigenvalue weighted by Gasteiger charge is -2.33. The summed E-state index contributed by atoms with van der Waals surface area (Å²) < 4.78 is 7.00. The van der Waals surface area contributed by atoms with E-state index >= 15 is 0 Å². The van der Waals surface area contributed by atoms with Crippen LogP contribution in [0.2, 0.25) is 0 Å². The second-order valence-corrected chi connectivity index (χ2v) is 7.00. The third kappa shape index (κ3) is 4.23. The van der Waals surface area contributed by atoms with Gasteiger partial charge < -0.3 is 29.7 Å². The molecule has 1 aromatic carbocycles. The zero-order valence-electron chi connectivity index (χ0n) is 15.9. The minimum atomic E-state index is -0.698. The summed E-state index contributed by atoms with van der Waals surface area (Å²) in [5.74, 6) is 0.775. The molecule has 2 aromatic rings. The molecule has 1 aliphatic heterocycles. The highest BCUT2D eigenvalue weighted by Crippen LogP contribution is 2.24. The van der Waals surface area contributed by atoms with E-state index in [-0.39, 0.29) is 18.4 Å². The van der Waals surface area contributed by atoms with Crippen LogP contribution in [-0.2, 0) is 11.8 Å². The zero-order valence-corrected chi connectivity index (χ0v) is 15.9. The third-order valence-electron chi connectivity index (χ3n) is 5.28. The molecule has 0 aliphatic carbocycles. The summed E-state index contributed by atoms with van der Waals surface area (Å²) in [5.41, 5.74) is 2.34. The fourth-order valence-electron chi connectivity index (χ4n) is 3.57. The predicted molar refractivity (Wildman–Crippen MR) is 103 cm³/mol. The van der Waals surface area contributed by atoms with Crippen LogP contribution in [0.4, 0.5) is 5.95 Å². The Morgan fingerprint density at radius 3 is 2.81 bits per heavy atom. The summed E-state index contributed by atoms with van der Waals surface area (Å²) in [7, 11) is 3.59. The number of hydrogen-bond acceptors (Lipinski definition) is 6. The van der Waals surface area contributed by atoms with Crippen LogP contribution >= 0.6 is 0 Å². The van der Waals surface area contributed by atoms with Gasteiger partial charge in [-0.05, 0) is 37.0 Å². The Morgan fingerprint density at radius 2 is 2.15 bits per heavy atom. The lowest BCUT2D eigenvalue weighted by Crippen LogP contribution is -2.42. The average molecular weight is 376 g/mol. The van der Waals surface area contributed by atoms with Crippen molar-refractivity contribution in [1.82, 2.24) is 14.5 Å². The van der Waals surface area contributed by atoms with Crippen molar-refractivity contribution >= 4 is 22.9 Å². The minimum Gasteiger partial charge on any atom is -0.394 e. The molecule has 0 radical (unpaired) electrons. The highest BCUT2D eigenvalue weighted by Gasteiger charge is 2.27. The maximum atomic E-state index is 12.8. The fraction of sp³-hybridized carbons (Fsp3) is 0.579. The Labute approximate surface area is 158 Å². The van der Waals surface area contributed by atoms with E-state index in [0.717, 1.165) is 17.0 Å². The molecule has 1 fully saturated rings. The van der Waals surface area contributed by atoms with Crippen molar-refractivity contribution in [3.05, 3.63) is 23.8 Å². The van der Waals surface area contributed by atoms with Crippen molar-refractivity contribution in [3.8, 4) is 0 Å². The number of amides is 1. The number of fused-ring (bicyclic) bond motifs is 1. The lowest BCUT2D eigenvalue weighted by atomic mass is 9.91. The van der Waals surface area contributed by atoms with Gasteiger partial charge in [0.2, 0.25) is 5.95 Å². The largest absolute Gasteiger partial charge is 0.394 e. The lowest BCUT2D eigenvalue weighted by molar-refractivity contribution is 0.0179. The first-order valence-corrected chi connectivity index (χ1v) is 9.32. The third-order valence-corrected chi connectivity index (χ3v) is 5.28. The maximum Gasteiger partial charge on any atom is 0.253 e. The Bertz CT molecular complexity index is 783. The highest BCUT2D eigenvalue weighted by atomic mass is 16.5. The van der Waals surface area contributed by atoms with E-state index in [1.165, 1.54) is 0 Å². The molecular formula is C19H28N4O4. The molecule has 8 nitrogen and oxygen atoms in total. The number of carbonyl (C=O) groups excluding carboxylic acids is 1. The quantitative estimate of drug-likeness (QED) is 0.619. The first-order chi connectivity index (χ1) is 13.0. The molecule has 1 aliphatic rings. The van der Waals surface area contributed by atoms with Crippen molar-refractivity contribution in [2.75, 3.05) is 45.3 Å². The van der Waals surface area contributed by atoms with Crippen LogP contribution in [-0.4, -0.2) is 76.6 Å². The molecule has 8 heteroatoms. The summed E-state index contributed by atoms with van der Waals surface area (Å²) in [6.07, 6.45) is 0.705. The second-order valence-electron chi connectivity index (χ2n) is 7.00. The molecule has 1 unspecified atom stereocenters. The van der Waals surface area contributed by atoms with Gasteiger partial charge in [-0.1, -0.05) is 0 Å². The van der Waals surface area contributed by atoms with E-state index in [4.69, 9.17) is 9.84 Å². The van der Waals surface area contributed by atoms with Gasteiger partial charge in [-0.15, -0.1) is 0 Å². The number of aliphatic hydroxyl groups is 2. The average Bonchev–Trinajstić information content (AvgIpc) is 3.02. The van der Waals surface area contributed by atoms with Gasteiger partial charge in [-0.3, -0.25) is 4.79 Å². The molecular weight excluding hydrogens is 348 g/mol. The minimum absolute atomic E-state index is 0.0200. The van der Waals surface area contributed by atoms with Crippen molar-refractivity contribution in [1.29, 1.82) is 0 Å². The number of rotatable bonds is 7. The molecule has 3 N–H and O–H groups in total. The SMILES string of the molecule is COCCNc1nc2cc(C(=O)N3CCC(C(O)CO)CC3)ccc2n1C. The number of imidazole rings is 1. The summed E-state index contributed by atoms with van der Waals surface area (Å²) >= 11 is 0. The standard InChI is InChI=1S/C19H28N4O4/c1-22-16-4-3-14(11-15(16)21-19(22)20-7-10-27-2)18(26)23-8-5-13(6-9-23)17(25)12-24/h3-4,11,13,17,24-25H,5-10,12H2,1-2H3,(H,20,21). The van der Waals surface area contributed by atoms with Gasteiger partial charge in [0.15, 0.2) is 0 Å². The zero-order chi connectivity index (χ0) is 19.4. The number of anilines is 1. The van der Waals surface area contributed by atoms with Crippen molar-refractivity contribution in [3.63, 3.8) is 0 Å². The maximum absolute atomic E-state index is 12.8. The first-order valence-electron chi connectivity index (χ1n) is 9.32. The van der Waals surface area contributed by atoms with Crippen LogP contribution in [0.5, 0.6) is 0 Å². The summed E-state index contributed by atoms with van der Waals surface area (Å²) in [4.78, 5) is 19.2. The Kier molecular flexibility index (Phi) is 6.30. The van der Waals surface area contributed by atoms with E-state index in [9.17, 15) is 9.90 Å². The van der Waals surface area contributed by atoms with E-state index < -0.39 is 6.10 Å². The van der Waals surface area contributed by atoms with Crippen molar-refractivity contribution in [2.24, 2.45) is 13.0 Å². The second kappa shape index (κ2) is 8.69. The number of aryl methyl sites for hydroxylation is 1. The van der Waals surface area contributed by atoms with E-state index in [2.05, 4.69) is 10.3 Å². The number of hydrogen-bond donors (Lipinski definition) is 3. The van der Waals surface area contributed by atoms with E-state index in [0.29, 0.717) is 44.6 Å².